The first kappa shape index (κ1) is 21.4. The average molecular weight is 405 g/mol. The van der Waals surface area contributed by atoms with Gasteiger partial charge in [0.15, 0.2) is 0 Å². The second-order valence-electron chi connectivity index (χ2n) is 7.56. The van der Waals surface area contributed by atoms with E-state index in [9.17, 15) is 9.59 Å². The van der Waals surface area contributed by atoms with E-state index in [1.807, 2.05) is 79.9 Å². The van der Waals surface area contributed by atoms with Crippen molar-refractivity contribution in [1.29, 1.82) is 0 Å². The van der Waals surface area contributed by atoms with Gasteiger partial charge in [-0.15, -0.1) is 0 Å². The second kappa shape index (κ2) is 8.99. The summed E-state index contributed by atoms with van der Waals surface area (Å²) in [4.78, 5) is 25.8. The maximum Gasteiger partial charge on any atom is 0.340 e. The van der Waals surface area contributed by atoms with Crippen LogP contribution < -0.4 is 0 Å². The van der Waals surface area contributed by atoms with Gasteiger partial charge in [0, 0.05) is 12.2 Å². The third kappa shape index (κ3) is 4.01. The van der Waals surface area contributed by atoms with E-state index >= 15 is 0 Å². The topological polar surface area (TPSA) is 57.5 Å². The highest BCUT2D eigenvalue weighted by molar-refractivity contribution is 6.09. The van der Waals surface area contributed by atoms with E-state index in [2.05, 4.69) is 0 Å². The SMILES string of the molecule is COC(=O)c1c(C(=O)OC)c(C(C)C)n(Cc2ccccc2)c1-c1ccc(C)cc1. The van der Waals surface area contributed by atoms with E-state index < -0.39 is 11.9 Å². The minimum absolute atomic E-state index is 0.0228. The zero-order valence-corrected chi connectivity index (χ0v) is 18.1. The Hall–Kier alpha value is -3.34. The molecule has 3 rings (SSSR count). The van der Waals surface area contributed by atoms with Crippen LogP contribution in [0.1, 0.15) is 57.3 Å². The molecule has 0 saturated carbocycles. The fraction of sp³-hybridized carbons (Fsp3) is 0.280. The standard InChI is InChI=1S/C25H27NO4/c1-16(2)22-20(24(27)29-4)21(25(28)30-5)23(19-13-11-17(3)12-14-19)26(22)15-18-9-7-6-8-10-18/h6-14,16H,15H2,1-5H3. The lowest BCUT2D eigenvalue weighted by Gasteiger charge is -2.17. The molecular weight excluding hydrogens is 378 g/mol. The average Bonchev–Trinajstić information content (AvgIpc) is 3.09. The summed E-state index contributed by atoms with van der Waals surface area (Å²) in [5.41, 5.74) is 4.94. The number of carbonyl (C=O) groups is 2. The molecule has 0 radical (unpaired) electrons. The van der Waals surface area contributed by atoms with Crippen molar-refractivity contribution in [3.8, 4) is 11.3 Å². The molecule has 0 aliphatic heterocycles. The number of hydrogen-bond donors (Lipinski definition) is 0. The molecule has 5 heteroatoms. The largest absolute Gasteiger partial charge is 0.465 e. The molecule has 5 nitrogen and oxygen atoms in total. The van der Waals surface area contributed by atoms with Crippen molar-refractivity contribution in [2.75, 3.05) is 14.2 Å². The van der Waals surface area contributed by atoms with Crippen molar-refractivity contribution < 1.29 is 19.1 Å². The Morgan fingerprint density at radius 1 is 0.867 bits per heavy atom. The monoisotopic (exact) mass is 405 g/mol. The molecule has 0 saturated heterocycles. The van der Waals surface area contributed by atoms with E-state index in [1.165, 1.54) is 14.2 Å². The van der Waals surface area contributed by atoms with Gasteiger partial charge in [-0.3, -0.25) is 0 Å². The number of carbonyl (C=O) groups excluding carboxylic acids is 2. The molecule has 0 atom stereocenters. The Balaban J connectivity index is 2.41. The van der Waals surface area contributed by atoms with Crippen LogP contribution in [-0.4, -0.2) is 30.7 Å². The first-order chi connectivity index (χ1) is 14.4. The normalized spacial score (nSPS) is 10.9. The van der Waals surface area contributed by atoms with Crippen LogP contribution in [0.4, 0.5) is 0 Å². The molecule has 0 bridgehead atoms. The number of hydrogen-bond acceptors (Lipinski definition) is 4. The van der Waals surface area contributed by atoms with Crippen molar-refractivity contribution in [1.82, 2.24) is 4.57 Å². The summed E-state index contributed by atoms with van der Waals surface area (Å²) in [6.45, 7) is 6.53. The van der Waals surface area contributed by atoms with Crippen LogP contribution in [0.5, 0.6) is 0 Å². The molecule has 0 N–H and O–H groups in total. The third-order valence-corrected chi connectivity index (χ3v) is 5.14. The van der Waals surface area contributed by atoms with Crippen LogP contribution >= 0.6 is 0 Å². The molecule has 0 unspecified atom stereocenters. The van der Waals surface area contributed by atoms with Gasteiger partial charge in [0.05, 0.1) is 25.5 Å². The van der Waals surface area contributed by atoms with E-state index in [0.717, 1.165) is 22.4 Å². The lowest BCUT2D eigenvalue weighted by molar-refractivity contribution is 0.0556. The number of ether oxygens (including phenoxy) is 2. The summed E-state index contributed by atoms with van der Waals surface area (Å²) >= 11 is 0. The van der Waals surface area contributed by atoms with E-state index in [0.29, 0.717) is 12.2 Å². The Morgan fingerprint density at radius 3 is 1.97 bits per heavy atom. The van der Waals surface area contributed by atoms with Crippen molar-refractivity contribution in [3.63, 3.8) is 0 Å². The lowest BCUT2D eigenvalue weighted by Crippen LogP contribution is -2.13. The molecule has 3 aromatic rings. The molecule has 0 aliphatic rings. The molecule has 156 valence electrons. The number of methoxy groups -OCH3 is 2. The maximum absolute atomic E-state index is 12.9. The van der Waals surface area contributed by atoms with Crippen molar-refractivity contribution in [2.24, 2.45) is 0 Å². The number of nitrogens with zero attached hydrogens (tertiary/aromatic N) is 1. The summed E-state index contributed by atoms with van der Waals surface area (Å²) in [5, 5.41) is 0. The van der Waals surface area contributed by atoms with Crippen LogP contribution in [0.2, 0.25) is 0 Å². The van der Waals surface area contributed by atoms with Crippen LogP contribution in [0, 0.1) is 6.92 Å². The molecule has 0 fully saturated rings. The van der Waals surface area contributed by atoms with Gasteiger partial charge in [0.1, 0.15) is 5.56 Å². The summed E-state index contributed by atoms with van der Waals surface area (Å²) in [7, 11) is 2.65. The zero-order chi connectivity index (χ0) is 21.8. The Morgan fingerprint density at radius 2 is 1.43 bits per heavy atom. The highest BCUT2D eigenvalue weighted by Gasteiger charge is 2.34. The van der Waals surface area contributed by atoms with Crippen molar-refractivity contribution in [3.05, 3.63) is 82.5 Å². The van der Waals surface area contributed by atoms with E-state index in [4.69, 9.17) is 9.47 Å². The molecule has 30 heavy (non-hydrogen) atoms. The highest BCUT2D eigenvalue weighted by Crippen LogP contribution is 2.37. The first-order valence-electron chi connectivity index (χ1n) is 9.93. The van der Waals surface area contributed by atoms with Crippen LogP contribution in [0.3, 0.4) is 0 Å². The molecule has 0 aliphatic carbocycles. The first-order valence-corrected chi connectivity index (χ1v) is 9.93. The molecule has 1 aromatic heterocycles. The van der Waals surface area contributed by atoms with Gasteiger partial charge in [0.25, 0.3) is 0 Å². The van der Waals surface area contributed by atoms with Crippen LogP contribution in [-0.2, 0) is 16.0 Å². The molecule has 0 spiro atoms. The number of rotatable bonds is 6. The molecule has 2 aromatic carbocycles. The van der Waals surface area contributed by atoms with Crippen molar-refractivity contribution in [2.45, 2.75) is 33.2 Å². The second-order valence-corrected chi connectivity index (χ2v) is 7.56. The van der Waals surface area contributed by atoms with Crippen LogP contribution in [0.25, 0.3) is 11.3 Å². The highest BCUT2D eigenvalue weighted by atomic mass is 16.5. The van der Waals surface area contributed by atoms with Gasteiger partial charge in [-0.1, -0.05) is 74.0 Å². The Labute approximate surface area is 177 Å². The number of aromatic nitrogens is 1. The van der Waals surface area contributed by atoms with E-state index in [1.54, 1.807) is 0 Å². The lowest BCUT2D eigenvalue weighted by atomic mass is 10.00. The number of esters is 2. The summed E-state index contributed by atoms with van der Waals surface area (Å²) in [5.74, 6) is -1.12. The molecular formula is C25H27NO4. The fourth-order valence-corrected chi connectivity index (χ4v) is 3.79. The van der Waals surface area contributed by atoms with Gasteiger partial charge in [-0.25, -0.2) is 9.59 Å². The zero-order valence-electron chi connectivity index (χ0n) is 18.1. The molecule has 1 heterocycles. The smallest absolute Gasteiger partial charge is 0.340 e. The van der Waals surface area contributed by atoms with E-state index in [-0.39, 0.29) is 17.0 Å². The Bertz CT molecular complexity index is 1050. The predicted molar refractivity (Wildman–Crippen MR) is 117 cm³/mol. The summed E-state index contributed by atoms with van der Waals surface area (Å²) in [6, 6.07) is 17.9. The van der Waals surface area contributed by atoms with Crippen LogP contribution in [0.15, 0.2) is 54.6 Å². The van der Waals surface area contributed by atoms with Gasteiger partial charge in [-0.05, 0) is 24.0 Å². The quantitative estimate of drug-likeness (QED) is 0.528. The Kier molecular flexibility index (Phi) is 6.40. The van der Waals surface area contributed by atoms with Gasteiger partial charge in [0.2, 0.25) is 0 Å². The number of aryl methyl sites for hydroxylation is 1. The fourth-order valence-electron chi connectivity index (χ4n) is 3.79. The van der Waals surface area contributed by atoms with Gasteiger partial charge >= 0.3 is 11.9 Å². The number of benzene rings is 2. The minimum Gasteiger partial charge on any atom is -0.465 e. The minimum atomic E-state index is -0.556. The van der Waals surface area contributed by atoms with Gasteiger partial charge in [-0.2, -0.15) is 0 Å². The summed E-state index contributed by atoms with van der Waals surface area (Å²) in [6.07, 6.45) is 0. The predicted octanol–water partition coefficient (Wildman–Crippen LogP) is 5.21. The van der Waals surface area contributed by atoms with Crippen molar-refractivity contribution >= 4 is 11.9 Å². The summed E-state index contributed by atoms with van der Waals surface area (Å²) < 4.78 is 12.2. The third-order valence-electron chi connectivity index (χ3n) is 5.14. The maximum atomic E-state index is 12.9. The van der Waals surface area contributed by atoms with Gasteiger partial charge < -0.3 is 14.0 Å². The molecule has 0 amide bonds.